The average Bonchev–Trinajstić information content (AvgIpc) is 3.32. The summed E-state index contributed by atoms with van der Waals surface area (Å²) in [6.07, 6.45) is 6.69. The second-order valence-corrected chi connectivity index (χ2v) is 7.47. The minimum absolute atomic E-state index is 0.00721. The Bertz CT molecular complexity index is 1270. The monoisotopic (exact) mass is 430 g/mol. The van der Waals surface area contributed by atoms with Gasteiger partial charge in [0.2, 0.25) is 5.88 Å². The number of nitriles is 1. The highest BCUT2D eigenvalue weighted by Crippen LogP contribution is 2.26. The Labute approximate surface area is 184 Å². The number of hydrogen-bond acceptors (Lipinski definition) is 6. The number of aromatic nitrogens is 2. The van der Waals surface area contributed by atoms with E-state index in [2.05, 4.69) is 10.3 Å². The highest BCUT2D eigenvalue weighted by atomic mass is 16.5. The molecule has 1 aromatic carbocycles. The Kier molecular flexibility index (Phi) is 6.17. The second-order valence-electron chi connectivity index (χ2n) is 7.47. The molecule has 3 aromatic rings. The van der Waals surface area contributed by atoms with Gasteiger partial charge in [-0.15, -0.1) is 0 Å². The number of benzene rings is 1. The Morgan fingerprint density at radius 1 is 1.19 bits per heavy atom. The van der Waals surface area contributed by atoms with Crippen LogP contribution in [0.25, 0.3) is 11.7 Å². The fourth-order valence-electron chi connectivity index (χ4n) is 3.67. The van der Waals surface area contributed by atoms with Gasteiger partial charge in [0, 0.05) is 12.2 Å². The third-order valence-electron chi connectivity index (χ3n) is 5.35. The number of nitrogens with zero attached hydrogens (tertiary/aromatic N) is 3. The molecule has 0 radical (unpaired) electrons. The van der Waals surface area contributed by atoms with Gasteiger partial charge in [0.05, 0.1) is 7.11 Å². The van der Waals surface area contributed by atoms with Gasteiger partial charge in [-0.05, 0) is 55.3 Å². The summed E-state index contributed by atoms with van der Waals surface area (Å²) in [5.41, 5.74) is -0.221. The molecule has 2 heterocycles. The lowest BCUT2D eigenvalue weighted by Gasteiger charge is -2.12. The predicted octanol–water partition coefficient (Wildman–Crippen LogP) is 3.46. The number of pyridine rings is 1. The van der Waals surface area contributed by atoms with Crippen molar-refractivity contribution in [2.45, 2.75) is 31.7 Å². The number of rotatable bonds is 6. The van der Waals surface area contributed by atoms with Crippen LogP contribution in [0.5, 0.6) is 17.4 Å². The number of nitrogens with one attached hydrogen (secondary N) is 1. The summed E-state index contributed by atoms with van der Waals surface area (Å²) >= 11 is 0. The van der Waals surface area contributed by atoms with Crippen LogP contribution in [0.15, 0.2) is 59.0 Å². The highest BCUT2D eigenvalue weighted by molar-refractivity contribution is 6.02. The topological polar surface area (TPSA) is 106 Å². The van der Waals surface area contributed by atoms with Crippen molar-refractivity contribution in [1.82, 2.24) is 14.7 Å². The first-order valence-corrected chi connectivity index (χ1v) is 10.3. The van der Waals surface area contributed by atoms with Crippen LogP contribution >= 0.6 is 0 Å². The molecule has 1 saturated carbocycles. The minimum atomic E-state index is -0.507. The molecule has 4 rings (SSSR count). The summed E-state index contributed by atoms with van der Waals surface area (Å²) in [6, 6.07) is 13.9. The predicted molar refractivity (Wildman–Crippen MR) is 119 cm³/mol. The molecular formula is C24H22N4O4. The first kappa shape index (κ1) is 21.1. The first-order chi connectivity index (χ1) is 15.6. The maximum atomic E-state index is 13.2. The third kappa shape index (κ3) is 4.47. The van der Waals surface area contributed by atoms with E-state index in [-0.39, 0.29) is 23.1 Å². The van der Waals surface area contributed by atoms with Gasteiger partial charge in [-0.2, -0.15) is 10.2 Å². The summed E-state index contributed by atoms with van der Waals surface area (Å²) in [6.45, 7) is 0. The van der Waals surface area contributed by atoms with Crippen LogP contribution in [0.4, 0.5) is 0 Å². The van der Waals surface area contributed by atoms with Gasteiger partial charge in [-0.25, -0.2) is 0 Å². The van der Waals surface area contributed by atoms with E-state index in [0.29, 0.717) is 17.1 Å². The van der Waals surface area contributed by atoms with Gasteiger partial charge in [0.1, 0.15) is 34.4 Å². The standard InChI is InChI=1S/C24H22N4O4/c1-31-18-9-11-19(12-10-18)32-23-20(24(30)28-13-5-4-8-21(28)27-23)14-16(15-25)22(29)26-17-6-2-3-7-17/h4-5,8-14,17H,2-3,6-7H2,1H3,(H,26,29)/b16-14+. The fraction of sp³-hybridized carbons (Fsp3) is 0.250. The Morgan fingerprint density at radius 2 is 1.91 bits per heavy atom. The van der Waals surface area contributed by atoms with Gasteiger partial charge in [-0.3, -0.25) is 14.0 Å². The van der Waals surface area contributed by atoms with Crippen LogP contribution in [0.1, 0.15) is 31.2 Å². The van der Waals surface area contributed by atoms with E-state index in [9.17, 15) is 14.9 Å². The van der Waals surface area contributed by atoms with E-state index < -0.39 is 11.5 Å². The second kappa shape index (κ2) is 9.35. The number of fused-ring (bicyclic) bond motifs is 1. The van der Waals surface area contributed by atoms with Gasteiger partial charge in [0.15, 0.2) is 0 Å². The van der Waals surface area contributed by atoms with Crippen LogP contribution in [-0.2, 0) is 4.79 Å². The van der Waals surface area contributed by atoms with Crippen LogP contribution in [0.3, 0.4) is 0 Å². The van der Waals surface area contributed by atoms with Gasteiger partial charge < -0.3 is 14.8 Å². The maximum Gasteiger partial charge on any atom is 0.269 e. The maximum absolute atomic E-state index is 13.2. The smallest absolute Gasteiger partial charge is 0.269 e. The first-order valence-electron chi connectivity index (χ1n) is 10.3. The summed E-state index contributed by atoms with van der Waals surface area (Å²) < 4.78 is 12.4. The quantitative estimate of drug-likeness (QED) is 0.474. The molecule has 0 spiro atoms. The Hall–Kier alpha value is -4.12. The molecule has 32 heavy (non-hydrogen) atoms. The summed E-state index contributed by atoms with van der Waals surface area (Å²) in [4.78, 5) is 30.3. The average molecular weight is 430 g/mol. The van der Waals surface area contributed by atoms with Crippen molar-refractivity contribution >= 4 is 17.6 Å². The molecule has 0 unspecified atom stereocenters. The van der Waals surface area contributed by atoms with Crippen molar-refractivity contribution in [3.8, 4) is 23.4 Å². The van der Waals surface area contributed by atoms with Crippen molar-refractivity contribution in [2.75, 3.05) is 7.11 Å². The van der Waals surface area contributed by atoms with Gasteiger partial charge >= 0.3 is 0 Å². The van der Waals surface area contributed by atoms with Crippen LogP contribution in [0, 0.1) is 11.3 Å². The largest absolute Gasteiger partial charge is 0.497 e. The molecule has 8 heteroatoms. The van der Waals surface area contributed by atoms with Gasteiger partial charge in [-0.1, -0.05) is 18.9 Å². The van der Waals surface area contributed by atoms with E-state index in [4.69, 9.17) is 9.47 Å². The minimum Gasteiger partial charge on any atom is -0.497 e. The number of amides is 1. The molecule has 1 aliphatic carbocycles. The molecule has 0 saturated heterocycles. The van der Waals surface area contributed by atoms with Crippen LogP contribution in [-0.4, -0.2) is 28.4 Å². The molecule has 1 N–H and O–H groups in total. The number of ether oxygens (including phenoxy) is 2. The van der Waals surface area contributed by atoms with E-state index in [1.165, 1.54) is 10.5 Å². The van der Waals surface area contributed by atoms with Gasteiger partial charge in [0.25, 0.3) is 11.5 Å². The lowest BCUT2D eigenvalue weighted by molar-refractivity contribution is -0.117. The fourth-order valence-corrected chi connectivity index (χ4v) is 3.67. The Morgan fingerprint density at radius 3 is 2.59 bits per heavy atom. The molecule has 0 bridgehead atoms. The molecule has 8 nitrogen and oxygen atoms in total. The zero-order valence-corrected chi connectivity index (χ0v) is 17.6. The van der Waals surface area contributed by atoms with Crippen molar-refractivity contribution in [3.05, 3.63) is 70.2 Å². The van der Waals surface area contributed by atoms with Crippen molar-refractivity contribution in [1.29, 1.82) is 5.26 Å². The molecule has 1 fully saturated rings. The number of methoxy groups -OCH3 is 1. The summed E-state index contributed by atoms with van der Waals surface area (Å²) in [5, 5.41) is 12.5. The molecule has 2 aromatic heterocycles. The molecule has 1 aliphatic rings. The number of carbonyl (C=O) groups is 1. The van der Waals surface area contributed by atoms with Crippen LogP contribution < -0.4 is 20.3 Å². The Balaban J connectivity index is 1.76. The lowest BCUT2D eigenvalue weighted by atomic mass is 10.1. The third-order valence-corrected chi connectivity index (χ3v) is 5.35. The van der Waals surface area contributed by atoms with Crippen LogP contribution in [0.2, 0.25) is 0 Å². The zero-order chi connectivity index (χ0) is 22.5. The molecule has 1 amide bonds. The van der Waals surface area contributed by atoms with E-state index in [1.807, 2.05) is 6.07 Å². The molecule has 0 atom stereocenters. The lowest BCUT2D eigenvalue weighted by Crippen LogP contribution is -2.33. The molecule has 0 aliphatic heterocycles. The van der Waals surface area contributed by atoms with Crippen molar-refractivity contribution < 1.29 is 14.3 Å². The van der Waals surface area contributed by atoms with E-state index >= 15 is 0 Å². The van der Waals surface area contributed by atoms with E-state index in [0.717, 1.165) is 25.7 Å². The number of hydrogen-bond donors (Lipinski definition) is 1. The molecular weight excluding hydrogens is 408 g/mol. The van der Waals surface area contributed by atoms with E-state index in [1.54, 1.807) is 55.8 Å². The highest BCUT2D eigenvalue weighted by Gasteiger charge is 2.21. The molecule has 162 valence electrons. The summed E-state index contributed by atoms with van der Waals surface area (Å²) in [5.74, 6) is 0.584. The summed E-state index contributed by atoms with van der Waals surface area (Å²) in [7, 11) is 1.56. The normalized spacial score (nSPS) is 14.2. The SMILES string of the molecule is COc1ccc(Oc2nc3ccccn3c(=O)c2/C=C(\C#N)C(=O)NC2CCCC2)cc1. The van der Waals surface area contributed by atoms with Crippen molar-refractivity contribution in [2.24, 2.45) is 0 Å². The van der Waals surface area contributed by atoms with Crippen molar-refractivity contribution in [3.63, 3.8) is 0 Å². The zero-order valence-electron chi connectivity index (χ0n) is 17.6. The number of carbonyl (C=O) groups excluding carboxylic acids is 1.